The molecule has 2 aromatic rings. The molecule has 1 heterocycles. The van der Waals surface area contributed by atoms with Crippen LogP contribution in [0.25, 0.3) is 0 Å². The van der Waals surface area contributed by atoms with Crippen LogP contribution in [0.3, 0.4) is 0 Å². The first kappa shape index (κ1) is 17.8. The SMILES string of the molecule is O=S(=O)(Cc1cc(F)ccc1F)NCC(O)c1ccc2c(c1)CCO2. The Morgan fingerprint density at radius 3 is 2.80 bits per heavy atom. The van der Waals surface area contributed by atoms with Crippen LogP contribution in [0, 0.1) is 11.6 Å². The summed E-state index contributed by atoms with van der Waals surface area (Å²) in [7, 11) is -3.93. The Morgan fingerprint density at radius 2 is 2.00 bits per heavy atom. The highest BCUT2D eigenvalue weighted by molar-refractivity contribution is 7.88. The van der Waals surface area contributed by atoms with Crippen molar-refractivity contribution in [3.05, 3.63) is 64.7 Å². The van der Waals surface area contributed by atoms with Gasteiger partial charge in [0.2, 0.25) is 10.0 Å². The molecule has 0 bridgehead atoms. The minimum Gasteiger partial charge on any atom is -0.493 e. The molecule has 1 aliphatic rings. The van der Waals surface area contributed by atoms with E-state index in [9.17, 15) is 22.3 Å². The van der Waals surface area contributed by atoms with E-state index >= 15 is 0 Å². The van der Waals surface area contributed by atoms with Gasteiger partial charge in [0, 0.05) is 18.5 Å². The normalized spacial score (nSPS) is 14.8. The number of ether oxygens (including phenoxy) is 1. The molecule has 8 heteroatoms. The van der Waals surface area contributed by atoms with Crippen LogP contribution >= 0.6 is 0 Å². The summed E-state index contributed by atoms with van der Waals surface area (Å²) < 4.78 is 58.4. The molecule has 5 nitrogen and oxygen atoms in total. The maximum atomic E-state index is 13.6. The van der Waals surface area contributed by atoms with Gasteiger partial charge in [0.05, 0.1) is 18.5 Å². The van der Waals surface area contributed by atoms with Gasteiger partial charge in [0.25, 0.3) is 0 Å². The predicted molar refractivity (Wildman–Crippen MR) is 87.6 cm³/mol. The van der Waals surface area contributed by atoms with Crippen molar-refractivity contribution >= 4 is 10.0 Å². The maximum absolute atomic E-state index is 13.6. The van der Waals surface area contributed by atoms with E-state index in [1.54, 1.807) is 18.2 Å². The lowest BCUT2D eigenvalue weighted by molar-refractivity contribution is 0.182. The number of halogens is 2. The Bertz CT molecular complexity index is 886. The van der Waals surface area contributed by atoms with Crippen molar-refractivity contribution in [3.8, 4) is 5.75 Å². The fourth-order valence-electron chi connectivity index (χ4n) is 2.65. The Morgan fingerprint density at radius 1 is 1.20 bits per heavy atom. The average molecular weight is 369 g/mol. The van der Waals surface area contributed by atoms with E-state index in [-0.39, 0.29) is 12.1 Å². The van der Waals surface area contributed by atoms with Crippen LogP contribution < -0.4 is 9.46 Å². The van der Waals surface area contributed by atoms with E-state index in [4.69, 9.17) is 4.74 Å². The molecule has 1 aliphatic heterocycles. The van der Waals surface area contributed by atoms with Gasteiger partial charge in [-0.2, -0.15) is 0 Å². The number of benzene rings is 2. The molecule has 0 spiro atoms. The molecule has 0 aliphatic carbocycles. The second-order valence-electron chi connectivity index (χ2n) is 5.82. The molecule has 0 saturated heterocycles. The van der Waals surface area contributed by atoms with Crippen molar-refractivity contribution in [2.24, 2.45) is 0 Å². The zero-order chi connectivity index (χ0) is 18.0. The highest BCUT2D eigenvalue weighted by atomic mass is 32.2. The highest BCUT2D eigenvalue weighted by Crippen LogP contribution is 2.28. The Kier molecular flexibility index (Phi) is 5.03. The molecule has 0 amide bonds. The van der Waals surface area contributed by atoms with Crippen LogP contribution in [0.1, 0.15) is 22.8 Å². The van der Waals surface area contributed by atoms with Gasteiger partial charge < -0.3 is 9.84 Å². The molecule has 3 rings (SSSR count). The van der Waals surface area contributed by atoms with E-state index in [0.29, 0.717) is 12.2 Å². The van der Waals surface area contributed by atoms with Crippen LogP contribution in [0.5, 0.6) is 5.75 Å². The Labute approximate surface area is 144 Å². The highest BCUT2D eigenvalue weighted by Gasteiger charge is 2.19. The molecule has 0 aromatic heterocycles. The number of aliphatic hydroxyl groups excluding tert-OH is 1. The number of rotatable bonds is 6. The molecule has 0 saturated carbocycles. The van der Waals surface area contributed by atoms with Gasteiger partial charge in [-0.25, -0.2) is 21.9 Å². The zero-order valence-electron chi connectivity index (χ0n) is 13.2. The summed E-state index contributed by atoms with van der Waals surface area (Å²) in [5.41, 5.74) is 1.25. The van der Waals surface area contributed by atoms with Gasteiger partial charge in [0.1, 0.15) is 17.4 Å². The minimum atomic E-state index is -3.93. The first-order chi connectivity index (χ1) is 11.8. The first-order valence-electron chi connectivity index (χ1n) is 7.69. The molecular weight excluding hydrogens is 352 g/mol. The minimum absolute atomic E-state index is 0.265. The molecule has 1 atom stereocenters. The van der Waals surface area contributed by atoms with Crippen molar-refractivity contribution in [2.75, 3.05) is 13.2 Å². The lowest BCUT2D eigenvalue weighted by atomic mass is 10.0. The summed E-state index contributed by atoms with van der Waals surface area (Å²) in [6.45, 7) is 0.319. The van der Waals surface area contributed by atoms with Crippen LogP contribution in [0.2, 0.25) is 0 Å². The van der Waals surface area contributed by atoms with Gasteiger partial charge in [-0.1, -0.05) is 6.07 Å². The van der Waals surface area contributed by atoms with Crippen molar-refractivity contribution in [1.29, 1.82) is 0 Å². The molecule has 1 unspecified atom stereocenters. The number of aliphatic hydroxyl groups is 1. The van der Waals surface area contributed by atoms with Gasteiger partial charge >= 0.3 is 0 Å². The van der Waals surface area contributed by atoms with Gasteiger partial charge in [-0.15, -0.1) is 0 Å². The van der Waals surface area contributed by atoms with Crippen LogP contribution in [-0.4, -0.2) is 26.7 Å². The van der Waals surface area contributed by atoms with Crippen molar-refractivity contribution in [2.45, 2.75) is 18.3 Å². The summed E-state index contributed by atoms with van der Waals surface area (Å²) >= 11 is 0. The number of hydrogen-bond donors (Lipinski definition) is 2. The molecule has 2 aromatic carbocycles. The number of hydrogen-bond acceptors (Lipinski definition) is 4. The van der Waals surface area contributed by atoms with Gasteiger partial charge in [-0.05, 0) is 41.5 Å². The lowest BCUT2D eigenvalue weighted by Crippen LogP contribution is -2.30. The van der Waals surface area contributed by atoms with Gasteiger partial charge in [0.15, 0.2) is 0 Å². The maximum Gasteiger partial charge on any atom is 0.215 e. The standard InChI is InChI=1S/C17H17F2NO4S/c18-14-2-3-15(19)13(8-14)10-25(22,23)20-9-16(21)11-1-4-17-12(7-11)5-6-24-17/h1-4,7-8,16,20-21H,5-6,9-10H2. The smallest absolute Gasteiger partial charge is 0.215 e. The van der Waals surface area contributed by atoms with Crippen LogP contribution in [-0.2, 0) is 22.2 Å². The van der Waals surface area contributed by atoms with E-state index in [1.807, 2.05) is 0 Å². The van der Waals surface area contributed by atoms with E-state index in [1.165, 1.54) is 0 Å². The first-order valence-corrected chi connectivity index (χ1v) is 9.34. The lowest BCUT2D eigenvalue weighted by Gasteiger charge is -2.14. The molecule has 0 fully saturated rings. The van der Waals surface area contributed by atoms with Crippen LogP contribution in [0.4, 0.5) is 8.78 Å². The molecule has 0 radical (unpaired) electrons. The largest absolute Gasteiger partial charge is 0.493 e. The van der Waals surface area contributed by atoms with E-state index < -0.39 is 33.5 Å². The Hall–Kier alpha value is -2.03. The second kappa shape index (κ2) is 7.07. The average Bonchev–Trinajstić information content (AvgIpc) is 3.03. The van der Waals surface area contributed by atoms with Crippen molar-refractivity contribution in [3.63, 3.8) is 0 Å². The zero-order valence-corrected chi connectivity index (χ0v) is 14.0. The topological polar surface area (TPSA) is 75.6 Å². The summed E-state index contributed by atoms with van der Waals surface area (Å²) in [6, 6.07) is 7.80. The molecule has 25 heavy (non-hydrogen) atoms. The number of nitrogens with one attached hydrogen (secondary N) is 1. The van der Waals surface area contributed by atoms with E-state index in [2.05, 4.69) is 4.72 Å². The Balaban J connectivity index is 1.64. The summed E-state index contributed by atoms with van der Waals surface area (Å²) in [6.07, 6.45) is -0.321. The summed E-state index contributed by atoms with van der Waals surface area (Å²) in [5.74, 6) is -1.46. The third kappa shape index (κ3) is 4.33. The van der Waals surface area contributed by atoms with Crippen molar-refractivity contribution in [1.82, 2.24) is 4.72 Å². The molecule has 2 N–H and O–H groups in total. The van der Waals surface area contributed by atoms with Crippen molar-refractivity contribution < 1.29 is 27.0 Å². The van der Waals surface area contributed by atoms with Crippen LogP contribution in [0.15, 0.2) is 36.4 Å². The number of sulfonamides is 1. The third-order valence-electron chi connectivity index (χ3n) is 3.95. The quantitative estimate of drug-likeness (QED) is 0.817. The summed E-state index contributed by atoms with van der Waals surface area (Å²) in [4.78, 5) is 0. The third-order valence-corrected chi connectivity index (χ3v) is 5.25. The summed E-state index contributed by atoms with van der Waals surface area (Å²) in [5, 5.41) is 10.2. The predicted octanol–water partition coefficient (Wildman–Crippen LogP) is 2.05. The second-order valence-corrected chi connectivity index (χ2v) is 7.63. The van der Waals surface area contributed by atoms with E-state index in [0.717, 1.165) is 35.9 Å². The fraction of sp³-hybridized carbons (Fsp3) is 0.294. The number of fused-ring (bicyclic) bond motifs is 1. The molecular formula is C17H17F2NO4S. The fourth-order valence-corrected chi connectivity index (χ4v) is 3.79. The monoisotopic (exact) mass is 369 g/mol. The van der Waals surface area contributed by atoms with Gasteiger partial charge in [-0.3, -0.25) is 0 Å². The molecule has 134 valence electrons.